The van der Waals surface area contributed by atoms with Gasteiger partial charge in [-0.25, -0.2) is 8.78 Å². The maximum Gasteiger partial charge on any atom is 0.191 e. The van der Waals surface area contributed by atoms with E-state index in [0.29, 0.717) is 18.1 Å². The first-order valence-corrected chi connectivity index (χ1v) is 5.64. The molecule has 17 heavy (non-hydrogen) atoms. The first-order chi connectivity index (χ1) is 8.11. The Hall–Kier alpha value is -1.65. The van der Waals surface area contributed by atoms with Crippen LogP contribution in [0.4, 0.5) is 8.78 Å². The summed E-state index contributed by atoms with van der Waals surface area (Å²) in [7, 11) is 0. The van der Waals surface area contributed by atoms with Crippen molar-refractivity contribution < 1.29 is 8.78 Å². The highest BCUT2D eigenvalue weighted by Crippen LogP contribution is 2.26. The minimum atomic E-state index is -0.568. The average Bonchev–Trinajstić information content (AvgIpc) is 2.60. The van der Waals surface area contributed by atoms with Gasteiger partial charge in [0.25, 0.3) is 0 Å². The molecule has 1 heterocycles. The first-order valence-electron chi connectivity index (χ1n) is 5.64. The molecule has 1 aromatic rings. The van der Waals surface area contributed by atoms with Gasteiger partial charge in [0.2, 0.25) is 0 Å². The zero-order chi connectivity index (χ0) is 12.4. The van der Waals surface area contributed by atoms with E-state index in [1.807, 2.05) is 11.8 Å². The van der Waals surface area contributed by atoms with Crippen LogP contribution in [0.15, 0.2) is 23.2 Å². The number of nitrogens with two attached hydrogens (primary N) is 1. The van der Waals surface area contributed by atoms with Crippen LogP contribution in [0.1, 0.15) is 24.9 Å². The van der Waals surface area contributed by atoms with Crippen LogP contribution in [-0.4, -0.2) is 23.9 Å². The van der Waals surface area contributed by atoms with Crippen LogP contribution in [0.2, 0.25) is 0 Å². The Kier molecular flexibility index (Phi) is 3.26. The molecule has 1 atom stereocenters. The molecule has 1 aliphatic rings. The van der Waals surface area contributed by atoms with Crippen LogP contribution in [0.3, 0.4) is 0 Å². The third kappa shape index (κ3) is 2.38. The Morgan fingerprint density at radius 3 is 2.59 bits per heavy atom. The molecule has 0 bridgehead atoms. The Morgan fingerprint density at radius 2 is 2.00 bits per heavy atom. The molecule has 0 spiro atoms. The number of nitrogens with zero attached hydrogens (tertiary/aromatic N) is 2. The molecule has 1 unspecified atom stereocenters. The van der Waals surface area contributed by atoms with Crippen molar-refractivity contribution >= 4 is 5.96 Å². The zero-order valence-corrected chi connectivity index (χ0v) is 9.66. The monoisotopic (exact) mass is 239 g/mol. The van der Waals surface area contributed by atoms with Crippen molar-refractivity contribution in [2.24, 2.45) is 10.7 Å². The predicted molar refractivity (Wildman–Crippen MR) is 62.6 cm³/mol. The summed E-state index contributed by atoms with van der Waals surface area (Å²) in [4.78, 5) is 6.01. The van der Waals surface area contributed by atoms with Crippen molar-refractivity contribution in [2.45, 2.75) is 19.4 Å². The summed E-state index contributed by atoms with van der Waals surface area (Å²) in [5.74, 6) is -0.689. The van der Waals surface area contributed by atoms with E-state index < -0.39 is 11.6 Å². The molecule has 0 saturated heterocycles. The van der Waals surface area contributed by atoms with E-state index >= 15 is 0 Å². The molecule has 3 nitrogen and oxygen atoms in total. The lowest BCUT2D eigenvalue weighted by Crippen LogP contribution is -2.36. The summed E-state index contributed by atoms with van der Waals surface area (Å²) in [6.45, 7) is 3.21. The van der Waals surface area contributed by atoms with E-state index in [0.717, 1.165) is 19.0 Å². The number of rotatable bonds is 3. The van der Waals surface area contributed by atoms with Crippen LogP contribution < -0.4 is 5.73 Å². The van der Waals surface area contributed by atoms with Crippen molar-refractivity contribution in [3.63, 3.8) is 0 Å². The van der Waals surface area contributed by atoms with Gasteiger partial charge in [0.15, 0.2) is 5.96 Å². The van der Waals surface area contributed by atoms with E-state index in [1.165, 1.54) is 12.1 Å². The van der Waals surface area contributed by atoms with Crippen molar-refractivity contribution in [1.82, 2.24) is 4.90 Å². The fourth-order valence-corrected chi connectivity index (χ4v) is 2.09. The second-order valence-corrected chi connectivity index (χ2v) is 4.11. The molecule has 1 aromatic carbocycles. The minimum Gasteiger partial charge on any atom is -0.370 e. The van der Waals surface area contributed by atoms with Gasteiger partial charge in [-0.1, -0.05) is 6.92 Å². The molecule has 0 radical (unpaired) electrons. The van der Waals surface area contributed by atoms with E-state index in [9.17, 15) is 8.78 Å². The summed E-state index contributed by atoms with van der Waals surface area (Å²) in [5.41, 5.74) is 6.34. The summed E-state index contributed by atoms with van der Waals surface area (Å²) >= 11 is 0. The SMILES string of the molecule is CCCN1C(N)=NCC1c1cc(F)cc(F)c1. The lowest BCUT2D eigenvalue weighted by molar-refractivity contribution is 0.345. The predicted octanol–water partition coefficient (Wildman–Crippen LogP) is 2.05. The van der Waals surface area contributed by atoms with Gasteiger partial charge in [-0.2, -0.15) is 0 Å². The lowest BCUT2D eigenvalue weighted by Gasteiger charge is -2.26. The van der Waals surface area contributed by atoms with E-state index in [1.54, 1.807) is 0 Å². The molecule has 0 aliphatic carbocycles. The molecule has 2 N–H and O–H groups in total. The summed E-state index contributed by atoms with van der Waals surface area (Å²) in [6.07, 6.45) is 0.907. The maximum absolute atomic E-state index is 13.2. The Morgan fingerprint density at radius 1 is 1.35 bits per heavy atom. The van der Waals surface area contributed by atoms with Gasteiger partial charge < -0.3 is 10.6 Å². The fourth-order valence-electron chi connectivity index (χ4n) is 2.09. The standard InChI is InChI=1S/C12H15F2N3/c1-2-3-17-11(7-16-12(17)15)8-4-9(13)6-10(14)5-8/h4-6,11H,2-3,7H2,1H3,(H2,15,16). The van der Waals surface area contributed by atoms with Crippen LogP contribution >= 0.6 is 0 Å². The normalized spacial score (nSPS) is 19.6. The van der Waals surface area contributed by atoms with Crippen molar-refractivity contribution in [1.29, 1.82) is 0 Å². The third-order valence-corrected chi connectivity index (χ3v) is 2.83. The fraction of sp³-hybridized carbons (Fsp3) is 0.417. The van der Waals surface area contributed by atoms with Crippen LogP contribution in [0, 0.1) is 11.6 Å². The zero-order valence-electron chi connectivity index (χ0n) is 9.66. The molecular formula is C12H15F2N3. The molecular weight excluding hydrogens is 224 g/mol. The second-order valence-electron chi connectivity index (χ2n) is 4.11. The molecule has 0 aromatic heterocycles. The number of hydrogen-bond acceptors (Lipinski definition) is 3. The number of hydrogen-bond donors (Lipinski definition) is 1. The molecule has 5 heteroatoms. The molecule has 1 aliphatic heterocycles. The van der Waals surface area contributed by atoms with Crippen molar-refractivity contribution in [2.75, 3.05) is 13.1 Å². The van der Waals surface area contributed by atoms with Gasteiger partial charge in [-0.3, -0.25) is 4.99 Å². The first kappa shape index (κ1) is 11.8. The van der Waals surface area contributed by atoms with Crippen LogP contribution in [0.5, 0.6) is 0 Å². The number of benzene rings is 1. The average molecular weight is 239 g/mol. The van der Waals surface area contributed by atoms with Crippen LogP contribution in [-0.2, 0) is 0 Å². The molecule has 0 saturated carbocycles. The van der Waals surface area contributed by atoms with E-state index in [4.69, 9.17) is 5.73 Å². The molecule has 2 rings (SSSR count). The number of aliphatic imine (C=N–C) groups is 1. The molecule has 92 valence electrons. The van der Waals surface area contributed by atoms with Gasteiger partial charge in [0, 0.05) is 12.6 Å². The van der Waals surface area contributed by atoms with E-state index in [-0.39, 0.29) is 6.04 Å². The second kappa shape index (κ2) is 4.69. The highest BCUT2D eigenvalue weighted by atomic mass is 19.1. The van der Waals surface area contributed by atoms with Gasteiger partial charge >= 0.3 is 0 Å². The quantitative estimate of drug-likeness (QED) is 0.877. The van der Waals surface area contributed by atoms with Crippen molar-refractivity contribution in [3.8, 4) is 0 Å². The molecule has 0 fully saturated rings. The largest absolute Gasteiger partial charge is 0.370 e. The highest BCUT2D eigenvalue weighted by molar-refractivity contribution is 5.80. The summed E-state index contributed by atoms with van der Waals surface area (Å²) < 4.78 is 26.3. The Labute approximate surface area is 98.9 Å². The Balaban J connectivity index is 2.27. The topological polar surface area (TPSA) is 41.6 Å². The van der Waals surface area contributed by atoms with E-state index in [2.05, 4.69) is 4.99 Å². The summed E-state index contributed by atoms with van der Waals surface area (Å²) in [5, 5.41) is 0. The van der Waals surface area contributed by atoms with Gasteiger partial charge in [-0.05, 0) is 24.1 Å². The smallest absolute Gasteiger partial charge is 0.191 e. The Bertz CT molecular complexity index is 425. The minimum absolute atomic E-state index is 0.153. The van der Waals surface area contributed by atoms with Crippen molar-refractivity contribution in [3.05, 3.63) is 35.4 Å². The van der Waals surface area contributed by atoms with Gasteiger partial charge in [-0.15, -0.1) is 0 Å². The maximum atomic E-state index is 13.2. The van der Waals surface area contributed by atoms with Crippen LogP contribution in [0.25, 0.3) is 0 Å². The third-order valence-electron chi connectivity index (χ3n) is 2.83. The number of guanidine groups is 1. The summed E-state index contributed by atoms with van der Waals surface area (Å²) in [6, 6.07) is 3.39. The number of halogens is 2. The molecule has 0 amide bonds. The van der Waals surface area contributed by atoms with Gasteiger partial charge in [0.05, 0.1) is 12.6 Å². The van der Waals surface area contributed by atoms with Gasteiger partial charge in [0.1, 0.15) is 11.6 Å². The lowest BCUT2D eigenvalue weighted by atomic mass is 10.1. The highest BCUT2D eigenvalue weighted by Gasteiger charge is 2.27.